The first-order valence-electron chi connectivity index (χ1n) is 12.2. The van der Waals surface area contributed by atoms with Gasteiger partial charge in [0.05, 0.1) is 26.4 Å². The Morgan fingerprint density at radius 2 is 0.821 bits per heavy atom. The maximum atomic E-state index is 5.69. The fourth-order valence-corrected chi connectivity index (χ4v) is 3.11. The lowest BCUT2D eigenvalue weighted by atomic mass is 10.1. The molecular formula is C24H50O4. The second kappa shape index (κ2) is 24.9. The summed E-state index contributed by atoms with van der Waals surface area (Å²) in [6.45, 7) is 10.6. The van der Waals surface area contributed by atoms with E-state index in [4.69, 9.17) is 18.9 Å². The summed E-state index contributed by atoms with van der Waals surface area (Å²) in [4.78, 5) is 0. The molecule has 0 amide bonds. The standard InChI is InChI=1S/C24H50O4/c1-4-6-8-10-12-13-15-17-19-27-24(3)28-23-22-26-21-20-25-18-16-14-11-9-7-5-2/h24H,4-23H2,1-3H3. The molecule has 0 aromatic heterocycles. The highest BCUT2D eigenvalue weighted by atomic mass is 16.7. The highest BCUT2D eigenvalue weighted by molar-refractivity contribution is 4.46. The van der Waals surface area contributed by atoms with E-state index in [-0.39, 0.29) is 6.29 Å². The Hall–Kier alpha value is -0.160. The van der Waals surface area contributed by atoms with E-state index in [1.807, 2.05) is 6.92 Å². The molecule has 0 heterocycles. The van der Waals surface area contributed by atoms with Crippen LogP contribution in [-0.2, 0) is 18.9 Å². The Morgan fingerprint density at radius 3 is 1.39 bits per heavy atom. The average Bonchev–Trinajstić information content (AvgIpc) is 2.70. The van der Waals surface area contributed by atoms with Crippen LogP contribution in [0.4, 0.5) is 0 Å². The van der Waals surface area contributed by atoms with Crippen molar-refractivity contribution in [3.8, 4) is 0 Å². The molecule has 0 fully saturated rings. The van der Waals surface area contributed by atoms with E-state index in [1.54, 1.807) is 0 Å². The molecule has 4 heteroatoms. The normalized spacial score (nSPS) is 12.5. The number of hydrogen-bond acceptors (Lipinski definition) is 4. The Bertz CT molecular complexity index is 273. The average molecular weight is 403 g/mol. The number of ether oxygens (including phenoxy) is 4. The van der Waals surface area contributed by atoms with Crippen LogP contribution in [0.3, 0.4) is 0 Å². The Labute approximate surface area is 176 Å². The highest BCUT2D eigenvalue weighted by Gasteiger charge is 2.02. The van der Waals surface area contributed by atoms with Crippen molar-refractivity contribution < 1.29 is 18.9 Å². The number of rotatable bonds is 24. The largest absolute Gasteiger partial charge is 0.379 e. The van der Waals surface area contributed by atoms with Crippen molar-refractivity contribution in [2.75, 3.05) is 39.6 Å². The third-order valence-corrected chi connectivity index (χ3v) is 4.94. The summed E-state index contributed by atoms with van der Waals surface area (Å²) in [5.74, 6) is 0. The van der Waals surface area contributed by atoms with E-state index in [0.717, 1.165) is 19.6 Å². The molecule has 0 N–H and O–H groups in total. The summed E-state index contributed by atoms with van der Waals surface area (Å²) in [5.41, 5.74) is 0. The minimum absolute atomic E-state index is 0.142. The van der Waals surface area contributed by atoms with Crippen LogP contribution in [0.25, 0.3) is 0 Å². The molecule has 0 spiro atoms. The van der Waals surface area contributed by atoms with Gasteiger partial charge < -0.3 is 18.9 Å². The fourth-order valence-electron chi connectivity index (χ4n) is 3.11. The Morgan fingerprint density at radius 1 is 0.429 bits per heavy atom. The quantitative estimate of drug-likeness (QED) is 0.130. The van der Waals surface area contributed by atoms with Crippen molar-refractivity contribution in [2.24, 2.45) is 0 Å². The lowest BCUT2D eigenvalue weighted by Crippen LogP contribution is -2.17. The first kappa shape index (κ1) is 27.8. The minimum atomic E-state index is -0.142. The molecule has 0 saturated heterocycles. The minimum Gasteiger partial charge on any atom is -0.379 e. The van der Waals surface area contributed by atoms with Gasteiger partial charge in [-0.15, -0.1) is 0 Å². The lowest BCUT2D eigenvalue weighted by molar-refractivity contribution is -0.140. The Kier molecular flexibility index (Phi) is 24.7. The molecule has 1 atom stereocenters. The van der Waals surface area contributed by atoms with Crippen LogP contribution >= 0.6 is 0 Å². The lowest BCUT2D eigenvalue weighted by Gasteiger charge is -2.14. The number of unbranched alkanes of at least 4 members (excludes halogenated alkanes) is 12. The summed E-state index contributed by atoms with van der Waals surface area (Å²) in [7, 11) is 0. The first-order chi connectivity index (χ1) is 13.8. The van der Waals surface area contributed by atoms with Gasteiger partial charge >= 0.3 is 0 Å². The maximum absolute atomic E-state index is 5.69. The van der Waals surface area contributed by atoms with E-state index < -0.39 is 0 Å². The zero-order valence-corrected chi connectivity index (χ0v) is 19.4. The summed E-state index contributed by atoms with van der Waals surface area (Å²) in [6, 6.07) is 0. The molecule has 0 rings (SSSR count). The zero-order valence-electron chi connectivity index (χ0n) is 19.4. The monoisotopic (exact) mass is 402 g/mol. The Balaban J connectivity index is 3.12. The van der Waals surface area contributed by atoms with Gasteiger partial charge in [0.25, 0.3) is 0 Å². The molecule has 170 valence electrons. The first-order valence-corrected chi connectivity index (χ1v) is 12.2. The van der Waals surface area contributed by atoms with E-state index in [2.05, 4.69) is 13.8 Å². The molecule has 28 heavy (non-hydrogen) atoms. The van der Waals surface area contributed by atoms with Crippen molar-refractivity contribution in [1.29, 1.82) is 0 Å². The van der Waals surface area contributed by atoms with Gasteiger partial charge in [0, 0.05) is 13.2 Å². The molecule has 1 unspecified atom stereocenters. The van der Waals surface area contributed by atoms with Gasteiger partial charge in [-0.05, 0) is 19.8 Å². The third-order valence-electron chi connectivity index (χ3n) is 4.94. The number of hydrogen-bond donors (Lipinski definition) is 0. The van der Waals surface area contributed by atoms with Crippen molar-refractivity contribution in [3.63, 3.8) is 0 Å². The molecular weight excluding hydrogens is 352 g/mol. The SMILES string of the molecule is CCCCCCCCCCOC(C)OCCOCCOCCCCCCCC. The summed E-state index contributed by atoms with van der Waals surface area (Å²) in [5, 5.41) is 0. The predicted molar refractivity (Wildman–Crippen MR) is 119 cm³/mol. The topological polar surface area (TPSA) is 36.9 Å². The van der Waals surface area contributed by atoms with Crippen LogP contribution in [0.15, 0.2) is 0 Å². The molecule has 0 radical (unpaired) electrons. The smallest absolute Gasteiger partial charge is 0.154 e. The zero-order chi connectivity index (χ0) is 20.5. The van der Waals surface area contributed by atoms with Crippen LogP contribution in [0.5, 0.6) is 0 Å². The van der Waals surface area contributed by atoms with Gasteiger partial charge in [-0.2, -0.15) is 0 Å². The predicted octanol–water partition coefficient (Wildman–Crippen LogP) is 6.90. The van der Waals surface area contributed by atoms with Crippen LogP contribution in [0.2, 0.25) is 0 Å². The third kappa shape index (κ3) is 23.9. The molecule has 0 aliphatic rings. The fraction of sp³-hybridized carbons (Fsp3) is 1.00. The van der Waals surface area contributed by atoms with Gasteiger partial charge in [-0.1, -0.05) is 90.9 Å². The van der Waals surface area contributed by atoms with Crippen molar-refractivity contribution in [1.82, 2.24) is 0 Å². The van der Waals surface area contributed by atoms with Crippen LogP contribution in [0, 0.1) is 0 Å². The van der Waals surface area contributed by atoms with E-state index in [9.17, 15) is 0 Å². The van der Waals surface area contributed by atoms with E-state index in [1.165, 1.54) is 83.5 Å². The maximum Gasteiger partial charge on any atom is 0.154 e. The molecule has 0 aliphatic heterocycles. The van der Waals surface area contributed by atoms with Gasteiger partial charge in [-0.3, -0.25) is 0 Å². The molecule has 0 saturated carbocycles. The summed E-state index contributed by atoms with van der Waals surface area (Å²) < 4.78 is 22.4. The van der Waals surface area contributed by atoms with E-state index >= 15 is 0 Å². The van der Waals surface area contributed by atoms with Gasteiger partial charge in [-0.25, -0.2) is 0 Å². The molecule has 4 nitrogen and oxygen atoms in total. The summed E-state index contributed by atoms with van der Waals surface area (Å²) in [6.07, 6.45) is 18.3. The van der Waals surface area contributed by atoms with Crippen molar-refractivity contribution in [2.45, 2.75) is 117 Å². The van der Waals surface area contributed by atoms with Gasteiger partial charge in [0.1, 0.15) is 0 Å². The second-order valence-corrected chi connectivity index (χ2v) is 7.78. The van der Waals surface area contributed by atoms with Crippen molar-refractivity contribution >= 4 is 0 Å². The van der Waals surface area contributed by atoms with E-state index in [0.29, 0.717) is 26.4 Å². The highest BCUT2D eigenvalue weighted by Crippen LogP contribution is 2.09. The van der Waals surface area contributed by atoms with Gasteiger partial charge in [0.15, 0.2) is 6.29 Å². The molecule has 0 aromatic rings. The second-order valence-electron chi connectivity index (χ2n) is 7.78. The van der Waals surface area contributed by atoms with Crippen molar-refractivity contribution in [3.05, 3.63) is 0 Å². The van der Waals surface area contributed by atoms with Crippen LogP contribution in [-0.4, -0.2) is 45.9 Å². The van der Waals surface area contributed by atoms with Crippen LogP contribution < -0.4 is 0 Å². The molecule has 0 aromatic carbocycles. The molecule has 0 aliphatic carbocycles. The van der Waals surface area contributed by atoms with Gasteiger partial charge in [0.2, 0.25) is 0 Å². The molecule has 0 bridgehead atoms. The van der Waals surface area contributed by atoms with Crippen LogP contribution in [0.1, 0.15) is 111 Å². The summed E-state index contributed by atoms with van der Waals surface area (Å²) >= 11 is 0.